The molecule has 2 aliphatic rings. The SMILES string of the molecule is c1cnc2c(c1)nc(C1CCOCC1)n2CC1CCCSC1. The van der Waals surface area contributed by atoms with E-state index in [0.717, 1.165) is 49.7 Å². The van der Waals surface area contributed by atoms with Gasteiger partial charge in [-0.3, -0.25) is 0 Å². The zero-order valence-corrected chi connectivity index (χ0v) is 13.7. The van der Waals surface area contributed by atoms with Crippen molar-refractivity contribution in [3.8, 4) is 0 Å². The first kappa shape index (κ1) is 14.5. The zero-order chi connectivity index (χ0) is 14.8. The van der Waals surface area contributed by atoms with Crippen LogP contribution in [0.2, 0.25) is 0 Å². The van der Waals surface area contributed by atoms with Gasteiger partial charge in [-0.25, -0.2) is 9.97 Å². The third-order valence-corrected chi connectivity index (χ3v) is 6.10. The number of rotatable bonds is 3. The number of imidazole rings is 1. The maximum atomic E-state index is 5.53. The summed E-state index contributed by atoms with van der Waals surface area (Å²) in [6.45, 7) is 2.80. The van der Waals surface area contributed by atoms with E-state index in [2.05, 4.69) is 27.4 Å². The van der Waals surface area contributed by atoms with Crippen LogP contribution in [0.3, 0.4) is 0 Å². The number of hydrogen-bond donors (Lipinski definition) is 0. The molecule has 2 aromatic rings. The molecular formula is C17H23N3OS. The van der Waals surface area contributed by atoms with Crippen molar-refractivity contribution in [3.63, 3.8) is 0 Å². The van der Waals surface area contributed by atoms with Gasteiger partial charge in [-0.1, -0.05) is 0 Å². The third kappa shape index (κ3) is 2.88. The molecule has 22 heavy (non-hydrogen) atoms. The molecular weight excluding hydrogens is 294 g/mol. The Balaban J connectivity index is 1.69. The number of nitrogens with zero attached hydrogens (tertiary/aromatic N) is 3. The van der Waals surface area contributed by atoms with Crippen molar-refractivity contribution in [2.24, 2.45) is 5.92 Å². The summed E-state index contributed by atoms with van der Waals surface area (Å²) >= 11 is 2.10. The van der Waals surface area contributed by atoms with E-state index >= 15 is 0 Å². The molecule has 2 saturated heterocycles. The van der Waals surface area contributed by atoms with E-state index in [4.69, 9.17) is 9.72 Å². The Kier molecular flexibility index (Phi) is 4.35. The predicted molar refractivity (Wildman–Crippen MR) is 90.4 cm³/mol. The van der Waals surface area contributed by atoms with Crippen molar-refractivity contribution in [1.82, 2.24) is 14.5 Å². The van der Waals surface area contributed by atoms with E-state index in [0.29, 0.717) is 5.92 Å². The third-order valence-electron chi connectivity index (χ3n) is 4.82. The molecule has 2 aromatic heterocycles. The molecule has 2 fully saturated rings. The first-order valence-electron chi connectivity index (χ1n) is 8.38. The average molecular weight is 317 g/mol. The quantitative estimate of drug-likeness (QED) is 0.869. The average Bonchev–Trinajstić information content (AvgIpc) is 2.95. The Labute approximate surface area is 135 Å². The number of aromatic nitrogens is 3. The fraction of sp³-hybridized carbons (Fsp3) is 0.647. The summed E-state index contributed by atoms with van der Waals surface area (Å²) in [4.78, 5) is 9.56. The van der Waals surface area contributed by atoms with Crippen LogP contribution < -0.4 is 0 Å². The van der Waals surface area contributed by atoms with E-state index in [9.17, 15) is 0 Å². The summed E-state index contributed by atoms with van der Waals surface area (Å²) in [6, 6.07) is 4.08. The second-order valence-corrected chi connectivity index (χ2v) is 7.55. The Bertz CT molecular complexity index is 630. The summed E-state index contributed by atoms with van der Waals surface area (Å²) in [5, 5.41) is 0. The molecule has 1 atom stereocenters. The van der Waals surface area contributed by atoms with E-state index in [1.807, 2.05) is 12.3 Å². The normalized spacial score (nSPS) is 23.9. The van der Waals surface area contributed by atoms with Crippen molar-refractivity contribution < 1.29 is 4.74 Å². The molecule has 0 aliphatic carbocycles. The largest absolute Gasteiger partial charge is 0.381 e. The smallest absolute Gasteiger partial charge is 0.160 e. The minimum absolute atomic E-state index is 0.527. The van der Waals surface area contributed by atoms with E-state index < -0.39 is 0 Å². The van der Waals surface area contributed by atoms with E-state index in [1.165, 1.54) is 30.2 Å². The van der Waals surface area contributed by atoms with Crippen LogP contribution in [0.25, 0.3) is 11.2 Å². The van der Waals surface area contributed by atoms with Gasteiger partial charge in [-0.15, -0.1) is 0 Å². The Morgan fingerprint density at radius 2 is 2.18 bits per heavy atom. The fourth-order valence-electron chi connectivity index (χ4n) is 3.63. The minimum Gasteiger partial charge on any atom is -0.381 e. The highest BCUT2D eigenvalue weighted by molar-refractivity contribution is 7.99. The van der Waals surface area contributed by atoms with Crippen LogP contribution in [-0.2, 0) is 11.3 Å². The van der Waals surface area contributed by atoms with Gasteiger partial charge in [0.25, 0.3) is 0 Å². The predicted octanol–water partition coefficient (Wildman–Crippen LogP) is 3.47. The van der Waals surface area contributed by atoms with Crippen molar-refractivity contribution in [3.05, 3.63) is 24.2 Å². The first-order valence-corrected chi connectivity index (χ1v) is 9.54. The maximum absolute atomic E-state index is 5.53. The van der Waals surface area contributed by atoms with Crippen molar-refractivity contribution in [2.75, 3.05) is 24.7 Å². The Morgan fingerprint density at radius 3 is 3.00 bits per heavy atom. The van der Waals surface area contributed by atoms with Gasteiger partial charge < -0.3 is 9.30 Å². The van der Waals surface area contributed by atoms with Gasteiger partial charge in [0.1, 0.15) is 11.3 Å². The van der Waals surface area contributed by atoms with Gasteiger partial charge in [0.2, 0.25) is 0 Å². The molecule has 4 rings (SSSR count). The molecule has 118 valence electrons. The van der Waals surface area contributed by atoms with Crippen LogP contribution in [0.1, 0.15) is 37.4 Å². The molecule has 4 heterocycles. The summed E-state index contributed by atoms with van der Waals surface area (Å²) in [5.74, 6) is 5.13. The molecule has 0 amide bonds. The van der Waals surface area contributed by atoms with E-state index in [1.54, 1.807) is 0 Å². The maximum Gasteiger partial charge on any atom is 0.160 e. The molecule has 0 saturated carbocycles. The first-order chi connectivity index (χ1) is 10.9. The lowest BCUT2D eigenvalue weighted by Gasteiger charge is -2.26. The van der Waals surface area contributed by atoms with Gasteiger partial charge >= 0.3 is 0 Å². The molecule has 0 bridgehead atoms. The summed E-state index contributed by atoms with van der Waals surface area (Å²) < 4.78 is 7.95. The van der Waals surface area contributed by atoms with Gasteiger partial charge in [-0.2, -0.15) is 11.8 Å². The van der Waals surface area contributed by atoms with Crippen molar-refractivity contribution >= 4 is 22.9 Å². The molecule has 4 nitrogen and oxygen atoms in total. The molecule has 2 aliphatic heterocycles. The standard InChI is InChI=1S/C17H23N3OS/c1-4-15-17(18-7-1)20(11-13-3-2-10-22-12-13)16(19-15)14-5-8-21-9-6-14/h1,4,7,13-14H,2-3,5-6,8-12H2. The highest BCUT2D eigenvalue weighted by atomic mass is 32.2. The molecule has 1 unspecified atom stereocenters. The van der Waals surface area contributed by atoms with Crippen LogP contribution in [0.5, 0.6) is 0 Å². The van der Waals surface area contributed by atoms with Crippen LogP contribution in [0.4, 0.5) is 0 Å². The van der Waals surface area contributed by atoms with Gasteiger partial charge in [-0.05, 0) is 55.2 Å². The number of thioether (sulfide) groups is 1. The summed E-state index contributed by atoms with van der Waals surface area (Å²) in [6.07, 6.45) is 6.75. The topological polar surface area (TPSA) is 39.9 Å². The zero-order valence-electron chi connectivity index (χ0n) is 12.9. The summed E-state index contributed by atoms with van der Waals surface area (Å²) in [5.41, 5.74) is 2.12. The number of pyridine rings is 1. The Morgan fingerprint density at radius 1 is 1.27 bits per heavy atom. The fourth-order valence-corrected chi connectivity index (χ4v) is 4.78. The number of hydrogen-bond acceptors (Lipinski definition) is 4. The van der Waals surface area contributed by atoms with Gasteiger partial charge in [0, 0.05) is 31.9 Å². The highest BCUT2D eigenvalue weighted by Crippen LogP contribution is 2.31. The highest BCUT2D eigenvalue weighted by Gasteiger charge is 2.25. The lowest BCUT2D eigenvalue weighted by atomic mass is 9.98. The van der Waals surface area contributed by atoms with E-state index in [-0.39, 0.29) is 0 Å². The molecule has 0 aromatic carbocycles. The van der Waals surface area contributed by atoms with Crippen LogP contribution in [0.15, 0.2) is 18.3 Å². The second kappa shape index (κ2) is 6.59. The van der Waals surface area contributed by atoms with Gasteiger partial charge in [0.05, 0.1) is 0 Å². The molecule has 5 heteroatoms. The number of ether oxygens (including phenoxy) is 1. The number of fused-ring (bicyclic) bond motifs is 1. The van der Waals surface area contributed by atoms with Gasteiger partial charge in [0.15, 0.2) is 5.65 Å². The second-order valence-electron chi connectivity index (χ2n) is 6.40. The molecule has 0 radical (unpaired) electrons. The van der Waals surface area contributed by atoms with Crippen LogP contribution >= 0.6 is 11.8 Å². The van der Waals surface area contributed by atoms with Crippen molar-refractivity contribution in [1.29, 1.82) is 0 Å². The monoisotopic (exact) mass is 317 g/mol. The lowest BCUT2D eigenvalue weighted by Crippen LogP contribution is -2.22. The lowest BCUT2D eigenvalue weighted by molar-refractivity contribution is 0.0827. The summed E-state index contributed by atoms with van der Waals surface area (Å²) in [7, 11) is 0. The van der Waals surface area contributed by atoms with Crippen LogP contribution in [0, 0.1) is 5.92 Å². The molecule has 0 spiro atoms. The van der Waals surface area contributed by atoms with Crippen LogP contribution in [-0.4, -0.2) is 39.3 Å². The Hall–Kier alpha value is -1.07. The minimum atomic E-state index is 0.527. The molecule has 0 N–H and O–H groups in total. The van der Waals surface area contributed by atoms with Crippen molar-refractivity contribution in [2.45, 2.75) is 38.1 Å².